The van der Waals surface area contributed by atoms with Gasteiger partial charge in [0.05, 0.1) is 5.69 Å². The predicted octanol–water partition coefficient (Wildman–Crippen LogP) is 4.76. The van der Waals surface area contributed by atoms with Crippen molar-refractivity contribution in [2.75, 3.05) is 16.8 Å². The molecule has 1 aliphatic heterocycles. The molecule has 3 heterocycles. The number of aromatic nitrogens is 2. The fourth-order valence-corrected chi connectivity index (χ4v) is 3.76. The van der Waals surface area contributed by atoms with E-state index in [1.807, 2.05) is 20.0 Å². The lowest BCUT2D eigenvalue weighted by atomic mass is 10.1. The van der Waals surface area contributed by atoms with Crippen LogP contribution in [0.5, 0.6) is 0 Å². The SMILES string of the molecule is Cc1ccc2c(oc3cc(F)ccc32)c1N1c2nccnc2N(C)[C@@H]1C. The van der Waals surface area contributed by atoms with Crippen LogP contribution < -0.4 is 9.80 Å². The molecule has 0 aliphatic carbocycles. The molecule has 1 aliphatic rings. The minimum absolute atomic E-state index is 0.0293. The molecule has 0 bridgehead atoms. The topological polar surface area (TPSA) is 45.4 Å². The summed E-state index contributed by atoms with van der Waals surface area (Å²) in [5.41, 5.74) is 3.30. The van der Waals surface area contributed by atoms with Gasteiger partial charge in [0.1, 0.15) is 17.6 Å². The average molecular weight is 348 g/mol. The number of halogens is 1. The second kappa shape index (κ2) is 5.17. The number of hydrogen-bond donors (Lipinski definition) is 0. The van der Waals surface area contributed by atoms with Gasteiger partial charge in [0.15, 0.2) is 17.2 Å². The lowest BCUT2D eigenvalue weighted by Gasteiger charge is -2.27. The highest BCUT2D eigenvalue weighted by Crippen LogP contribution is 2.46. The van der Waals surface area contributed by atoms with Crippen LogP contribution in [0.2, 0.25) is 0 Å². The van der Waals surface area contributed by atoms with Gasteiger partial charge in [-0.25, -0.2) is 14.4 Å². The van der Waals surface area contributed by atoms with Crippen molar-refractivity contribution in [1.29, 1.82) is 0 Å². The van der Waals surface area contributed by atoms with E-state index < -0.39 is 0 Å². The van der Waals surface area contributed by atoms with E-state index in [1.165, 1.54) is 12.1 Å². The quantitative estimate of drug-likeness (QED) is 0.496. The maximum absolute atomic E-state index is 13.7. The van der Waals surface area contributed by atoms with E-state index in [9.17, 15) is 4.39 Å². The first-order valence-electron chi connectivity index (χ1n) is 8.50. The van der Waals surface area contributed by atoms with Crippen molar-refractivity contribution in [2.45, 2.75) is 20.0 Å². The Labute approximate surface area is 149 Å². The summed E-state index contributed by atoms with van der Waals surface area (Å²) in [6.45, 7) is 4.15. The van der Waals surface area contributed by atoms with Crippen molar-refractivity contribution in [3.8, 4) is 0 Å². The molecular formula is C20H17FN4O. The second-order valence-electron chi connectivity index (χ2n) is 6.67. The van der Waals surface area contributed by atoms with Crippen LogP contribution in [-0.2, 0) is 0 Å². The Morgan fingerprint density at radius 2 is 1.77 bits per heavy atom. The molecule has 6 heteroatoms. The zero-order valence-corrected chi connectivity index (χ0v) is 14.7. The third-order valence-electron chi connectivity index (χ3n) is 5.18. The molecule has 0 saturated heterocycles. The Balaban J connectivity index is 1.84. The molecule has 0 spiro atoms. The van der Waals surface area contributed by atoms with Crippen LogP contribution in [-0.4, -0.2) is 23.2 Å². The monoisotopic (exact) mass is 348 g/mol. The van der Waals surface area contributed by atoms with Gasteiger partial charge in [0.2, 0.25) is 0 Å². The number of nitrogens with zero attached hydrogens (tertiary/aromatic N) is 4. The number of rotatable bonds is 1. The van der Waals surface area contributed by atoms with Crippen LogP contribution >= 0.6 is 0 Å². The molecule has 4 aromatic rings. The molecule has 5 nitrogen and oxygen atoms in total. The minimum Gasteiger partial charge on any atom is -0.454 e. The van der Waals surface area contributed by atoms with Gasteiger partial charge in [-0.2, -0.15) is 0 Å². The Hall–Kier alpha value is -3.15. The first-order valence-corrected chi connectivity index (χ1v) is 8.50. The Kier molecular flexibility index (Phi) is 3.01. The van der Waals surface area contributed by atoms with Gasteiger partial charge in [-0.1, -0.05) is 12.1 Å². The van der Waals surface area contributed by atoms with Crippen LogP contribution in [0.25, 0.3) is 21.9 Å². The molecule has 26 heavy (non-hydrogen) atoms. The summed E-state index contributed by atoms with van der Waals surface area (Å²) in [7, 11) is 2.00. The van der Waals surface area contributed by atoms with Crippen molar-refractivity contribution in [1.82, 2.24) is 9.97 Å². The van der Waals surface area contributed by atoms with E-state index in [0.717, 1.165) is 39.2 Å². The van der Waals surface area contributed by atoms with Gasteiger partial charge in [0, 0.05) is 36.3 Å². The van der Waals surface area contributed by atoms with Crippen molar-refractivity contribution in [3.05, 3.63) is 54.1 Å². The smallest absolute Gasteiger partial charge is 0.178 e. The summed E-state index contributed by atoms with van der Waals surface area (Å²) in [5.74, 6) is 1.32. The summed E-state index contributed by atoms with van der Waals surface area (Å²) in [6.07, 6.45) is 3.42. The van der Waals surface area contributed by atoms with Crippen LogP contribution in [0.4, 0.5) is 21.7 Å². The standard InChI is InChI=1S/C20H17FN4O/c1-11-4-6-15-14-7-5-13(21)10-16(14)26-18(15)17(11)25-12(2)24(3)19-20(25)23-9-8-22-19/h4-10,12H,1-3H3/t12-/m0/s1. The van der Waals surface area contributed by atoms with E-state index >= 15 is 0 Å². The van der Waals surface area contributed by atoms with Gasteiger partial charge < -0.3 is 9.32 Å². The van der Waals surface area contributed by atoms with E-state index in [2.05, 4.69) is 32.8 Å². The molecule has 0 amide bonds. The first kappa shape index (κ1) is 15.1. The molecule has 0 unspecified atom stereocenters. The van der Waals surface area contributed by atoms with Crippen LogP contribution in [0.1, 0.15) is 12.5 Å². The van der Waals surface area contributed by atoms with Gasteiger partial charge in [-0.15, -0.1) is 0 Å². The number of aryl methyl sites for hydroxylation is 1. The minimum atomic E-state index is -0.305. The van der Waals surface area contributed by atoms with Crippen molar-refractivity contribution >= 4 is 39.3 Å². The van der Waals surface area contributed by atoms with Crippen LogP contribution in [0.15, 0.2) is 47.1 Å². The number of anilines is 3. The van der Waals surface area contributed by atoms with E-state index in [1.54, 1.807) is 18.5 Å². The normalized spacial score (nSPS) is 16.7. The maximum atomic E-state index is 13.7. The molecule has 0 N–H and O–H groups in total. The zero-order chi connectivity index (χ0) is 18.0. The summed E-state index contributed by atoms with van der Waals surface area (Å²) in [4.78, 5) is 13.2. The lowest BCUT2D eigenvalue weighted by molar-refractivity contribution is 0.617. The Morgan fingerprint density at radius 3 is 2.58 bits per heavy atom. The summed E-state index contributed by atoms with van der Waals surface area (Å²) in [5, 5.41) is 1.87. The van der Waals surface area contributed by atoms with E-state index in [0.29, 0.717) is 5.58 Å². The Bertz CT molecular complexity index is 1170. The first-order chi connectivity index (χ1) is 12.6. The molecule has 0 fully saturated rings. The van der Waals surface area contributed by atoms with Gasteiger partial charge in [0.25, 0.3) is 0 Å². The third kappa shape index (κ3) is 1.89. The average Bonchev–Trinajstić information content (AvgIpc) is 3.11. The maximum Gasteiger partial charge on any atom is 0.178 e. The molecule has 1 atom stereocenters. The molecule has 2 aromatic heterocycles. The largest absolute Gasteiger partial charge is 0.454 e. The van der Waals surface area contributed by atoms with Crippen molar-refractivity contribution < 1.29 is 8.81 Å². The third-order valence-corrected chi connectivity index (χ3v) is 5.18. The van der Waals surface area contributed by atoms with Crippen molar-refractivity contribution in [3.63, 3.8) is 0 Å². The number of furan rings is 1. The zero-order valence-electron chi connectivity index (χ0n) is 14.7. The highest BCUT2D eigenvalue weighted by atomic mass is 19.1. The molecule has 5 rings (SSSR count). The summed E-state index contributed by atoms with van der Waals surface area (Å²) in [6, 6.07) is 8.76. The van der Waals surface area contributed by atoms with Crippen molar-refractivity contribution in [2.24, 2.45) is 0 Å². The lowest BCUT2D eigenvalue weighted by Crippen LogP contribution is -2.36. The fraction of sp³-hybridized carbons (Fsp3) is 0.200. The number of benzene rings is 2. The van der Waals surface area contributed by atoms with E-state index in [4.69, 9.17) is 4.42 Å². The second-order valence-corrected chi connectivity index (χ2v) is 6.67. The summed E-state index contributed by atoms with van der Waals surface area (Å²) >= 11 is 0. The van der Waals surface area contributed by atoms with Gasteiger partial charge >= 0.3 is 0 Å². The predicted molar refractivity (Wildman–Crippen MR) is 100 cm³/mol. The molecular weight excluding hydrogens is 331 g/mol. The molecule has 0 radical (unpaired) electrons. The highest BCUT2D eigenvalue weighted by molar-refractivity contribution is 6.10. The number of hydrogen-bond acceptors (Lipinski definition) is 5. The Morgan fingerprint density at radius 1 is 1.04 bits per heavy atom. The molecule has 130 valence electrons. The molecule has 0 saturated carbocycles. The summed E-state index contributed by atoms with van der Waals surface area (Å²) < 4.78 is 19.8. The number of fused-ring (bicyclic) bond motifs is 4. The van der Waals surface area contributed by atoms with Crippen LogP contribution in [0.3, 0.4) is 0 Å². The van der Waals surface area contributed by atoms with Gasteiger partial charge in [-0.05, 0) is 31.5 Å². The van der Waals surface area contributed by atoms with E-state index in [-0.39, 0.29) is 12.0 Å². The van der Waals surface area contributed by atoms with Gasteiger partial charge in [-0.3, -0.25) is 4.90 Å². The molecule has 2 aromatic carbocycles. The highest BCUT2D eigenvalue weighted by Gasteiger charge is 2.36. The fourth-order valence-electron chi connectivity index (χ4n) is 3.76. The van der Waals surface area contributed by atoms with Crippen LogP contribution in [0, 0.1) is 12.7 Å².